The van der Waals surface area contributed by atoms with E-state index >= 15 is 0 Å². The van der Waals surface area contributed by atoms with Gasteiger partial charge in [0.25, 0.3) is 5.91 Å². The lowest BCUT2D eigenvalue weighted by Gasteiger charge is -2.46. The zero-order valence-corrected chi connectivity index (χ0v) is 20.9. The van der Waals surface area contributed by atoms with E-state index in [4.69, 9.17) is 0 Å². The predicted molar refractivity (Wildman–Crippen MR) is 132 cm³/mol. The molecule has 7 nitrogen and oxygen atoms in total. The maximum Gasteiger partial charge on any atom is 0.261 e. The van der Waals surface area contributed by atoms with Gasteiger partial charge in [-0.3, -0.25) is 9.78 Å². The molecule has 1 saturated heterocycles. The molecule has 3 aromatic rings. The Balaban J connectivity index is 1.38. The molecule has 0 bridgehead atoms. The maximum absolute atomic E-state index is 13.0. The van der Waals surface area contributed by atoms with Crippen molar-refractivity contribution >= 4 is 37.4 Å². The van der Waals surface area contributed by atoms with Gasteiger partial charge in [0, 0.05) is 36.1 Å². The second-order valence-corrected chi connectivity index (χ2v) is 12.8. The van der Waals surface area contributed by atoms with Gasteiger partial charge in [0.15, 0.2) is 0 Å². The molecule has 2 aromatic heterocycles. The van der Waals surface area contributed by atoms with Crippen LogP contribution in [0.4, 0.5) is 0 Å². The Morgan fingerprint density at radius 2 is 1.79 bits per heavy atom. The molecule has 1 amide bonds. The third-order valence-electron chi connectivity index (χ3n) is 5.75. The second kappa shape index (κ2) is 8.79. The molecule has 1 aromatic carbocycles. The lowest BCUT2D eigenvalue weighted by Crippen LogP contribution is -2.62. The van der Waals surface area contributed by atoms with E-state index < -0.39 is 10.0 Å². The molecule has 1 aliphatic heterocycles. The number of benzene rings is 1. The van der Waals surface area contributed by atoms with Crippen LogP contribution in [0.25, 0.3) is 10.1 Å². The first-order valence-electron chi connectivity index (χ1n) is 10.9. The van der Waals surface area contributed by atoms with Crippen molar-refractivity contribution in [3.63, 3.8) is 0 Å². The Hall–Kier alpha value is -2.33. The summed E-state index contributed by atoms with van der Waals surface area (Å²) in [6, 6.07) is 10.2. The van der Waals surface area contributed by atoms with Gasteiger partial charge in [-0.2, -0.15) is 0 Å². The van der Waals surface area contributed by atoms with Crippen LogP contribution in [0.3, 0.4) is 0 Å². The van der Waals surface area contributed by atoms with Crippen LogP contribution in [-0.2, 0) is 16.6 Å². The number of amides is 1. The van der Waals surface area contributed by atoms with Crippen molar-refractivity contribution in [2.24, 2.45) is 0 Å². The fourth-order valence-electron chi connectivity index (χ4n) is 4.75. The number of hydrogen-bond acceptors (Lipinski definition) is 6. The lowest BCUT2D eigenvalue weighted by molar-refractivity contribution is 0.0955. The van der Waals surface area contributed by atoms with E-state index in [0.717, 1.165) is 15.6 Å². The molecule has 3 N–H and O–H groups in total. The normalized spacial score (nSPS) is 18.3. The van der Waals surface area contributed by atoms with Gasteiger partial charge < -0.3 is 10.6 Å². The number of nitrogens with one attached hydrogen (secondary N) is 3. The Kier molecular flexibility index (Phi) is 6.34. The third-order valence-corrected chi connectivity index (χ3v) is 8.37. The maximum atomic E-state index is 13.0. The summed E-state index contributed by atoms with van der Waals surface area (Å²) < 4.78 is 29.8. The van der Waals surface area contributed by atoms with E-state index in [1.165, 1.54) is 11.3 Å². The van der Waals surface area contributed by atoms with E-state index in [0.29, 0.717) is 24.3 Å². The first-order valence-corrected chi connectivity index (χ1v) is 13.2. The van der Waals surface area contributed by atoms with Gasteiger partial charge >= 0.3 is 0 Å². The smallest absolute Gasteiger partial charge is 0.261 e. The SMILES string of the molecule is CC1(C)CC(NS(=O)(=O)c2ccc(CNC(=O)c3cc4ccncc4s3)cc2)CC(C)(C)N1. The van der Waals surface area contributed by atoms with E-state index in [1.54, 1.807) is 36.7 Å². The van der Waals surface area contributed by atoms with Crippen LogP contribution in [0.15, 0.2) is 53.7 Å². The van der Waals surface area contributed by atoms with Gasteiger partial charge in [-0.1, -0.05) is 12.1 Å². The van der Waals surface area contributed by atoms with Crippen LogP contribution in [0.5, 0.6) is 0 Å². The number of carbonyl (C=O) groups is 1. The van der Waals surface area contributed by atoms with Gasteiger partial charge in [-0.25, -0.2) is 13.1 Å². The van der Waals surface area contributed by atoms with E-state index in [-0.39, 0.29) is 27.9 Å². The highest BCUT2D eigenvalue weighted by atomic mass is 32.2. The van der Waals surface area contributed by atoms with Crippen molar-refractivity contribution in [2.45, 2.75) is 69.1 Å². The minimum absolute atomic E-state index is 0.142. The number of sulfonamides is 1. The Morgan fingerprint density at radius 1 is 1.12 bits per heavy atom. The number of thiophene rings is 1. The van der Waals surface area contributed by atoms with Gasteiger partial charge in [0.2, 0.25) is 10.0 Å². The Morgan fingerprint density at radius 3 is 2.42 bits per heavy atom. The topological polar surface area (TPSA) is 100 Å². The lowest BCUT2D eigenvalue weighted by atomic mass is 9.80. The van der Waals surface area contributed by atoms with Crippen LogP contribution >= 0.6 is 11.3 Å². The van der Waals surface area contributed by atoms with Crippen molar-refractivity contribution in [1.29, 1.82) is 0 Å². The highest BCUT2D eigenvalue weighted by Gasteiger charge is 2.39. The van der Waals surface area contributed by atoms with Crippen molar-refractivity contribution < 1.29 is 13.2 Å². The molecule has 0 atom stereocenters. The Bertz CT molecular complexity index is 1220. The molecule has 3 heterocycles. The zero-order chi connectivity index (χ0) is 23.9. The molecule has 0 aliphatic carbocycles. The minimum Gasteiger partial charge on any atom is -0.347 e. The van der Waals surface area contributed by atoms with E-state index in [9.17, 15) is 13.2 Å². The monoisotopic (exact) mass is 486 g/mol. The van der Waals surface area contributed by atoms with Gasteiger partial charge in [0.05, 0.1) is 14.5 Å². The summed E-state index contributed by atoms with van der Waals surface area (Å²) in [4.78, 5) is 17.4. The number of carbonyl (C=O) groups excluding carboxylic acids is 1. The summed E-state index contributed by atoms with van der Waals surface area (Å²) in [7, 11) is -3.64. The number of pyridine rings is 1. The molecule has 0 unspecified atom stereocenters. The molecule has 0 saturated carbocycles. The van der Waals surface area contributed by atoms with E-state index in [1.807, 2.05) is 12.1 Å². The highest BCUT2D eigenvalue weighted by molar-refractivity contribution is 7.89. The van der Waals surface area contributed by atoms with Crippen LogP contribution in [0.2, 0.25) is 0 Å². The number of hydrogen-bond donors (Lipinski definition) is 3. The largest absolute Gasteiger partial charge is 0.347 e. The summed E-state index contributed by atoms with van der Waals surface area (Å²) in [5.41, 5.74) is 0.526. The molecule has 176 valence electrons. The van der Waals surface area contributed by atoms with Gasteiger partial charge in [0.1, 0.15) is 0 Å². The zero-order valence-electron chi connectivity index (χ0n) is 19.3. The van der Waals surface area contributed by atoms with Crippen LogP contribution in [0, 0.1) is 0 Å². The molecule has 33 heavy (non-hydrogen) atoms. The molecular weight excluding hydrogens is 456 g/mol. The quantitative estimate of drug-likeness (QED) is 0.492. The summed E-state index contributed by atoms with van der Waals surface area (Å²) in [6.45, 7) is 8.68. The van der Waals surface area contributed by atoms with Crippen LogP contribution in [-0.4, -0.2) is 36.4 Å². The van der Waals surface area contributed by atoms with Crippen molar-refractivity contribution in [3.05, 3.63) is 59.2 Å². The summed E-state index contributed by atoms with van der Waals surface area (Å²) >= 11 is 1.40. The second-order valence-electron chi connectivity index (χ2n) is 9.97. The summed E-state index contributed by atoms with van der Waals surface area (Å²) in [5.74, 6) is -0.161. The highest BCUT2D eigenvalue weighted by Crippen LogP contribution is 2.29. The first kappa shape index (κ1) is 23.8. The molecule has 0 spiro atoms. The first-order chi connectivity index (χ1) is 15.4. The van der Waals surface area contributed by atoms with Crippen LogP contribution < -0.4 is 15.4 Å². The fourth-order valence-corrected chi connectivity index (χ4v) is 6.93. The molecule has 1 aliphatic rings. The van der Waals surface area contributed by atoms with Crippen molar-refractivity contribution in [3.8, 4) is 0 Å². The van der Waals surface area contributed by atoms with Gasteiger partial charge in [-0.05, 0) is 75.8 Å². The predicted octanol–water partition coefficient (Wildman–Crippen LogP) is 3.81. The average Bonchev–Trinajstić information content (AvgIpc) is 3.14. The fraction of sp³-hybridized carbons (Fsp3) is 0.417. The van der Waals surface area contributed by atoms with Crippen molar-refractivity contribution in [2.75, 3.05) is 0 Å². The summed E-state index contributed by atoms with van der Waals surface area (Å²) in [5, 5.41) is 7.45. The van der Waals surface area contributed by atoms with Crippen molar-refractivity contribution in [1.82, 2.24) is 20.3 Å². The molecule has 4 rings (SSSR count). The molecule has 1 fully saturated rings. The Labute approximate surface area is 199 Å². The molecule has 9 heteroatoms. The number of aromatic nitrogens is 1. The summed E-state index contributed by atoms with van der Waals surface area (Å²) in [6.07, 6.45) is 4.88. The molecular formula is C24H30N4O3S2. The minimum atomic E-state index is -3.64. The number of nitrogens with zero attached hydrogens (tertiary/aromatic N) is 1. The molecule has 0 radical (unpaired) electrons. The number of rotatable bonds is 6. The standard InChI is InChI=1S/C24H30N4O3S2/c1-23(2)12-18(13-24(3,4)28-23)27-33(30,31)19-7-5-16(6-8-19)14-26-22(29)20-11-17-9-10-25-15-21(17)32-20/h5-11,15,18,27-28H,12-14H2,1-4H3,(H,26,29). The van der Waals surface area contributed by atoms with Gasteiger partial charge in [-0.15, -0.1) is 11.3 Å². The van der Waals surface area contributed by atoms with Crippen LogP contribution in [0.1, 0.15) is 55.8 Å². The van der Waals surface area contributed by atoms with E-state index in [2.05, 4.69) is 48.0 Å². The number of piperidine rings is 1. The average molecular weight is 487 g/mol. The number of fused-ring (bicyclic) bond motifs is 1. The third kappa shape index (κ3) is 5.78.